The summed E-state index contributed by atoms with van der Waals surface area (Å²) in [6.45, 7) is 2.63. The summed E-state index contributed by atoms with van der Waals surface area (Å²) in [5.74, 6) is -0.268. The van der Waals surface area contributed by atoms with Crippen LogP contribution in [-0.4, -0.2) is 12.6 Å². The van der Waals surface area contributed by atoms with Crippen LogP contribution in [-0.2, 0) is 6.42 Å². The number of para-hydroxylation sites is 1. The largest absolute Gasteiger partial charge is 0.488 e. The molecule has 2 nitrogen and oxygen atoms in total. The van der Waals surface area contributed by atoms with Crippen LogP contribution in [0.2, 0.25) is 0 Å². The average molecular weight is 289 g/mol. The van der Waals surface area contributed by atoms with Gasteiger partial charge < -0.3 is 10.1 Å². The Morgan fingerprint density at radius 3 is 2.76 bits per heavy atom. The number of fused-ring (bicyclic) bond motifs is 1. The quantitative estimate of drug-likeness (QED) is 0.928. The third-order valence-electron chi connectivity index (χ3n) is 3.77. The van der Waals surface area contributed by atoms with E-state index in [4.69, 9.17) is 4.74 Å². The van der Waals surface area contributed by atoms with E-state index >= 15 is 0 Å². The minimum atomic E-state index is -0.567. The fourth-order valence-electron chi connectivity index (χ4n) is 2.81. The van der Waals surface area contributed by atoms with Crippen molar-refractivity contribution < 1.29 is 13.5 Å². The molecule has 2 unspecified atom stereocenters. The number of hydrogen-bond acceptors (Lipinski definition) is 2. The summed E-state index contributed by atoms with van der Waals surface area (Å²) < 4.78 is 33.1. The Labute approximate surface area is 122 Å². The van der Waals surface area contributed by atoms with Gasteiger partial charge in [-0.05, 0) is 24.2 Å². The lowest BCUT2D eigenvalue weighted by molar-refractivity contribution is 0.177. The number of rotatable bonds is 4. The predicted octanol–water partition coefficient (Wildman–Crippen LogP) is 3.62. The summed E-state index contributed by atoms with van der Waals surface area (Å²) >= 11 is 0. The highest BCUT2D eigenvalue weighted by Crippen LogP contribution is 2.34. The van der Waals surface area contributed by atoms with E-state index in [-0.39, 0.29) is 12.1 Å². The Hall–Kier alpha value is -1.94. The van der Waals surface area contributed by atoms with E-state index in [1.54, 1.807) is 0 Å². The summed E-state index contributed by atoms with van der Waals surface area (Å²) in [6, 6.07) is 11.2. The molecule has 0 aliphatic carbocycles. The predicted molar refractivity (Wildman–Crippen MR) is 77.3 cm³/mol. The van der Waals surface area contributed by atoms with E-state index in [1.165, 1.54) is 12.1 Å². The van der Waals surface area contributed by atoms with Crippen LogP contribution < -0.4 is 10.1 Å². The Kier molecular flexibility index (Phi) is 3.88. The first kappa shape index (κ1) is 14.0. The standard InChI is InChI=1S/C17H17F2NO/c1-2-20-17(13-8-7-12(18)10-14(13)19)16-9-11-5-3-4-6-15(11)21-16/h3-8,10,16-17,20H,2,9H2,1H3. The first-order valence-corrected chi connectivity index (χ1v) is 7.12. The van der Waals surface area contributed by atoms with E-state index in [9.17, 15) is 8.78 Å². The van der Waals surface area contributed by atoms with Crippen molar-refractivity contribution in [3.63, 3.8) is 0 Å². The van der Waals surface area contributed by atoms with Crippen molar-refractivity contribution in [2.75, 3.05) is 6.54 Å². The third kappa shape index (κ3) is 2.76. The Bertz CT molecular complexity index is 619. The molecule has 21 heavy (non-hydrogen) atoms. The van der Waals surface area contributed by atoms with Gasteiger partial charge in [0.05, 0.1) is 6.04 Å². The third-order valence-corrected chi connectivity index (χ3v) is 3.77. The minimum Gasteiger partial charge on any atom is -0.488 e. The molecule has 1 aliphatic heterocycles. The van der Waals surface area contributed by atoms with Crippen molar-refractivity contribution >= 4 is 0 Å². The van der Waals surface area contributed by atoms with Gasteiger partial charge in [-0.3, -0.25) is 0 Å². The van der Waals surface area contributed by atoms with Gasteiger partial charge in [-0.2, -0.15) is 0 Å². The maximum absolute atomic E-state index is 14.1. The Morgan fingerprint density at radius 1 is 1.24 bits per heavy atom. The molecule has 0 saturated heterocycles. The maximum atomic E-state index is 14.1. The van der Waals surface area contributed by atoms with E-state index < -0.39 is 11.6 Å². The normalized spacial score (nSPS) is 18.1. The minimum absolute atomic E-state index is 0.192. The second-order valence-electron chi connectivity index (χ2n) is 5.17. The topological polar surface area (TPSA) is 21.3 Å². The first-order valence-electron chi connectivity index (χ1n) is 7.12. The van der Waals surface area contributed by atoms with Crippen molar-refractivity contribution in [2.45, 2.75) is 25.5 Å². The number of ether oxygens (including phenoxy) is 1. The van der Waals surface area contributed by atoms with Crippen LogP contribution in [0.15, 0.2) is 42.5 Å². The highest BCUT2D eigenvalue weighted by molar-refractivity contribution is 5.38. The second kappa shape index (κ2) is 5.82. The SMILES string of the molecule is CCNC(c1ccc(F)cc1F)C1Cc2ccccc2O1. The van der Waals surface area contributed by atoms with Gasteiger partial charge in [0.25, 0.3) is 0 Å². The van der Waals surface area contributed by atoms with Gasteiger partial charge in [-0.15, -0.1) is 0 Å². The maximum Gasteiger partial charge on any atom is 0.131 e. The van der Waals surface area contributed by atoms with E-state index in [0.717, 1.165) is 17.4 Å². The summed E-state index contributed by atoms with van der Waals surface area (Å²) in [4.78, 5) is 0. The van der Waals surface area contributed by atoms with Gasteiger partial charge in [0, 0.05) is 18.1 Å². The van der Waals surface area contributed by atoms with Crippen LogP contribution in [0.4, 0.5) is 8.78 Å². The van der Waals surface area contributed by atoms with Crippen LogP contribution in [0.3, 0.4) is 0 Å². The molecule has 3 rings (SSSR count). The van der Waals surface area contributed by atoms with Gasteiger partial charge in [-0.25, -0.2) is 8.78 Å². The molecule has 1 aliphatic rings. The molecule has 0 bridgehead atoms. The highest BCUT2D eigenvalue weighted by Gasteiger charge is 2.32. The summed E-state index contributed by atoms with van der Waals surface area (Å²) in [7, 11) is 0. The number of hydrogen-bond donors (Lipinski definition) is 1. The molecule has 0 aromatic heterocycles. The van der Waals surface area contributed by atoms with Crippen LogP contribution >= 0.6 is 0 Å². The van der Waals surface area contributed by atoms with Crippen molar-refractivity contribution in [3.8, 4) is 5.75 Å². The zero-order chi connectivity index (χ0) is 14.8. The molecule has 0 spiro atoms. The average Bonchev–Trinajstić information content (AvgIpc) is 2.89. The molecule has 2 aromatic rings. The molecular weight excluding hydrogens is 272 g/mol. The fraction of sp³-hybridized carbons (Fsp3) is 0.294. The Balaban J connectivity index is 1.89. The van der Waals surface area contributed by atoms with Crippen molar-refractivity contribution in [1.29, 1.82) is 0 Å². The molecule has 0 fully saturated rings. The molecule has 0 radical (unpaired) electrons. The number of nitrogens with one attached hydrogen (secondary N) is 1. The molecule has 0 saturated carbocycles. The van der Waals surface area contributed by atoms with Crippen LogP contribution in [0.5, 0.6) is 5.75 Å². The van der Waals surface area contributed by atoms with E-state index in [1.807, 2.05) is 31.2 Å². The van der Waals surface area contributed by atoms with Gasteiger partial charge in [0.15, 0.2) is 0 Å². The fourth-order valence-corrected chi connectivity index (χ4v) is 2.81. The molecule has 4 heteroatoms. The Morgan fingerprint density at radius 2 is 2.05 bits per heavy atom. The zero-order valence-corrected chi connectivity index (χ0v) is 11.8. The van der Waals surface area contributed by atoms with E-state index in [0.29, 0.717) is 18.5 Å². The van der Waals surface area contributed by atoms with Crippen LogP contribution in [0.1, 0.15) is 24.1 Å². The molecular formula is C17H17F2NO. The van der Waals surface area contributed by atoms with Crippen molar-refractivity contribution in [3.05, 3.63) is 65.2 Å². The summed E-state index contributed by atoms with van der Waals surface area (Å²) in [5.41, 5.74) is 1.56. The monoisotopic (exact) mass is 289 g/mol. The number of benzene rings is 2. The molecule has 2 atom stereocenters. The second-order valence-corrected chi connectivity index (χ2v) is 5.17. The lowest BCUT2D eigenvalue weighted by atomic mass is 9.97. The molecule has 110 valence electrons. The molecule has 0 amide bonds. The van der Waals surface area contributed by atoms with Gasteiger partial charge >= 0.3 is 0 Å². The molecule has 1 heterocycles. The number of halogens is 2. The first-order chi connectivity index (χ1) is 10.2. The summed E-state index contributed by atoms with van der Waals surface area (Å²) in [5, 5.41) is 3.25. The van der Waals surface area contributed by atoms with Gasteiger partial charge in [0.1, 0.15) is 23.5 Å². The lowest BCUT2D eigenvalue weighted by Gasteiger charge is -2.25. The zero-order valence-electron chi connectivity index (χ0n) is 11.8. The van der Waals surface area contributed by atoms with Crippen LogP contribution in [0, 0.1) is 11.6 Å². The lowest BCUT2D eigenvalue weighted by Crippen LogP contribution is -2.35. The smallest absolute Gasteiger partial charge is 0.131 e. The van der Waals surface area contributed by atoms with Crippen molar-refractivity contribution in [2.24, 2.45) is 0 Å². The molecule has 1 N–H and O–H groups in total. The van der Waals surface area contributed by atoms with Crippen LogP contribution in [0.25, 0.3) is 0 Å². The van der Waals surface area contributed by atoms with Gasteiger partial charge in [-0.1, -0.05) is 31.2 Å². The molecule has 2 aromatic carbocycles. The number of likely N-dealkylation sites (N-methyl/N-ethyl adjacent to an activating group) is 1. The highest BCUT2D eigenvalue weighted by atomic mass is 19.1. The van der Waals surface area contributed by atoms with Gasteiger partial charge in [0.2, 0.25) is 0 Å². The van der Waals surface area contributed by atoms with Crippen molar-refractivity contribution in [1.82, 2.24) is 5.32 Å². The summed E-state index contributed by atoms with van der Waals surface area (Å²) in [6.07, 6.45) is 0.521. The van der Waals surface area contributed by atoms with E-state index in [2.05, 4.69) is 5.32 Å².